The lowest BCUT2D eigenvalue weighted by Crippen LogP contribution is -2.08. The predicted molar refractivity (Wildman–Crippen MR) is 70.4 cm³/mol. The average Bonchev–Trinajstić information content (AvgIpc) is 3.01. The molecule has 3 nitrogen and oxygen atoms in total. The van der Waals surface area contributed by atoms with Gasteiger partial charge in [0.1, 0.15) is 11.6 Å². The van der Waals surface area contributed by atoms with E-state index in [0.29, 0.717) is 11.8 Å². The van der Waals surface area contributed by atoms with Crippen molar-refractivity contribution in [2.24, 2.45) is 0 Å². The van der Waals surface area contributed by atoms with Crippen molar-refractivity contribution in [1.29, 1.82) is 0 Å². The number of hydrogen-bond acceptors (Lipinski definition) is 3. The van der Waals surface area contributed by atoms with E-state index in [1.807, 2.05) is 7.05 Å². The summed E-state index contributed by atoms with van der Waals surface area (Å²) in [6.45, 7) is 4.27. The highest BCUT2D eigenvalue weighted by Gasteiger charge is 2.29. The van der Waals surface area contributed by atoms with Gasteiger partial charge in [-0.2, -0.15) is 0 Å². The Balaban J connectivity index is 2.47. The van der Waals surface area contributed by atoms with Crippen LogP contribution in [0.4, 0.5) is 5.82 Å². The fourth-order valence-electron chi connectivity index (χ4n) is 1.53. The molecule has 1 aliphatic carbocycles. The van der Waals surface area contributed by atoms with Crippen molar-refractivity contribution in [2.75, 3.05) is 12.4 Å². The van der Waals surface area contributed by atoms with Gasteiger partial charge in [-0.1, -0.05) is 13.8 Å². The highest BCUT2D eigenvalue weighted by molar-refractivity contribution is 14.1. The van der Waals surface area contributed by atoms with Crippen molar-refractivity contribution in [3.8, 4) is 0 Å². The predicted octanol–water partition coefficient (Wildman–Crippen LogP) is 3.12. The second-order valence-electron chi connectivity index (χ2n) is 4.31. The van der Waals surface area contributed by atoms with Crippen LogP contribution in [0, 0.1) is 3.57 Å². The van der Waals surface area contributed by atoms with Crippen molar-refractivity contribution in [2.45, 2.75) is 38.5 Å². The van der Waals surface area contributed by atoms with Crippen LogP contribution in [0.25, 0.3) is 0 Å². The van der Waals surface area contributed by atoms with E-state index in [-0.39, 0.29) is 0 Å². The van der Waals surface area contributed by atoms with Crippen LogP contribution in [0.3, 0.4) is 0 Å². The van der Waals surface area contributed by atoms with E-state index in [1.54, 1.807) is 0 Å². The Labute approximate surface area is 104 Å². The van der Waals surface area contributed by atoms with Gasteiger partial charge in [-0.3, -0.25) is 0 Å². The summed E-state index contributed by atoms with van der Waals surface area (Å²) in [6, 6.07) is 0. The van der Waals surface area contributed by atoms with Gasteiger partial charge in [0.05, 0.1) is 9.26 Å². The average molecular weight is 317 g/mol. The molecule has 1 aromatic heterocycles. The molecule has 82 valence electrons. The minimum atomic E-state index is 0.395. The second kappa shape index (κ2) is 4.23. The molecule has 0 saturated heterocycles. The van der Waals surface area contributed by atoms with E-state index in [0.717, 1.165) is 11.6 Å². The Morgan fingerprint density at radius 2 is 2.00 bits per heavy atom. The van der Waals surface area contributed by atoms with Crippen LogP contribution < -0.4 is 5.32 Å². The first-order valence-corrected chi connectivity index (χ1v) is 6.46. The minimum absolute atomic E-state index is 0.395. The molecule has 2 rings (SSSR count). The minimum Gasteiger partial charge on any atom is -0.372 e. The van der Waals surface area contributed by atoms with Gasteiger partial charge in [0, 0.05) is 18.9 Å². The number of aromatic nitrogens is 2. The molecule has 1 fully saturated rings. The van der Waals surface area contributed by atoms with E-state index in [1.165, 1.54) is 22.1 Å². The van der Waals surface area contributed by atoms with Crippen LogP contribution in [0.15, 0.2) is 0 Å². The van der Waals surface area contributed by atoms with Crippen LogP contribution >= 0.6 is 22.6 Å². The third-order valence-electron chi connectivity index (χ3n) is 2.61. The summed E-state index contributed by atoms with van der Waals surface area (Å²) in [5.41, 5.74) is 1.25. The zero-order valence-electron chi connectivity index (χ0n) is 9.34. The van der Waals surface area contributed by atoms with Crippen molar-refractivity contribution >= 4 is 28.4 Å². The molecule has 1 N–H and O–H groups in total. The number of nitrogens with zero attached hydrogens (tertiary/aromatic N) is 2. The van der Waals surface area contributed by atoms with Gasteiger partial charge in [-0.15, -0.1) is 0 Å². The fourth-order valence-corrected chi connectivity index (χ4v) is 2.48. The Hall–Kier alpha value is -0.390. The SMILES string of the molecule is CNc1nc(C(C)C)nc(C2CC2)c1I. The smallest absolute Gasteiger partial charge is 0.143 e. The van der Waals surface area contributed by atoms with Crippen LogP contribution in [0.2, 0.25) is 0 Å². The summed E-state index contributed by atoms with van der Waals surface area (Å²) < 4.78 is 1.20. The van der Waals surface area contributed by atoms with Gasteiger partial charge in [0.2, 0.25) is 0 Å². The monoisotopic (exact) mass is 317 g/mol. The van der Waals surface area contributed by atoms with Gasteiger partial charge in [-0.25, -0.2) is 9.97 Å². The summed E-state index contributed by atoms with van der Waals surface area (Å²) >= 11 is 2.35. The third kappa shape index (κ3) is 2.24. The topological polar surface area (TPSA) is 37.8 Å². The molecule has 1 saturated carbocycles. The summed E-state index contributed by atoms with van der Waals surface area (Å²) in [6.07, 6.45) is 2.57. The van der Waals surface area contributed by atoms with Gasteiger partial charge in [-0.05, 0) is 35.4 Å². The normalized spacial score (nSPS) is 15.8. The molecule has 1 aromatic rings. The summed E-state index contributed by atoms with van der Waals surface area (Å²) in [7, 11) is 1.92. The Kier molecular flexibility index (Phi) is 3.13. The lowest BCUT2D eigenvalue weighted by atomic mass is 10.2. The third-order valence-corrected chi connectivity index (χ3v) is 3.67. The van der Waals surface area contributed by atoms with E-state index in [9.17, 15) is 0 Å². The molecular formula is C11H16IN3. The Morgan fingerprint density at radius 3 is 2.47 bits per heavy atom. The summed E-state index contributed by atoms with van der Waals surface area (Å²) in [4.78, 5) is 9.22. The highest BCUT2D eigenvalue weighted by atomic mass is 127. The molecule has 0 bridgehead atoms. The molecule has 0 aliphatic heterocycles. The maximum absolute atomic E-state index is 4.68. The lowest BCUT2D eigenvalue weighted by Gasteiger charge is -2.12. The quantitative estimate of drug-likeness (QED) is 0.871. The maximum Gasteiger partial charge on any atom is 0.143 e. The lowest BCUT2D eigenvalue weighted by molar-refractivity contribution is 0.755. The first kappa shape index (κ1) is 11.1. The van der Waals surface area contributed by atoms with E-state index >= 15 is 0 Å². The molecule has 0 aromatic carbocycles. The molecule has 0 radical (unpaired) electrons. The molecule has 0 spiro atoms. The molecule has 4 heteroatoms. The largest absolute Gasteiger partial charge is 0.372 e. The molecule has 15 heavy (non-hydrogen) atoms. The van der Waals surface area contributed by atoms with Crippen LogP contribution in [-0.4, -0.2) is 17.0 Å². The Bertz CT molecular complexity index is 372. The molecule has 1 heterocycles. The van der Waals surface area contributed by atoms with Gasteiger partial charge >= 0.3 is 0 Å². The molecule has 0 unspecified atom stereocenters. The zero-order chi connectivity index (χ0) is 11.0. The Morgan fingerprint density at radius 1 is 1.33 bits per heavy atom. The maximum atomic E-state index is 4.68. The van der Waals surface area contributed by atoms with Crippen molar-refractivity contribution in [3.63, 3.8) is 0 Å². The van der Waals surface area contributed by atoms with Gasteiger partial charge < -0.3 is 5.32 Å². The molecular weight excluding hydrogens is 301 g/mol. The van der Waals surface area contributed by atoms with E-state index < -0.39 is 0 Å². The van der Waals surface area contributed by atoms with E-state index in [2.05, 4.69) is 51.7 Å². The van der Waals surface area contributed by atoms with Crippen molar-refractivity contribution in [3.05, 3.63) is 15.1 Å². The molecule has 1 aliphatic rings. The number of rotatable bonds is 3. The van der Waals surface area contributed by atoms with Crippen LogP contribution in [0.5, 0.6) is 0 Å². The first-order chi connectivity index (χ1) is 7.13. The van der Waals surface area contributed by atoms with Crippen LogP contribution in [-0.2, 0) is 0 Å². The van der Waals surface area contributed by atoms with E-state index in [4.69, 9.17) is 0 Å². The number of nitrogens with one attached hydrogen (secondary N) is 1. The summed E-state index contributed by atoms with van der Waals surface area (Å²) in [5.74, 6) is 3.02. The fraction of sp³-hybridized carbons (Fsp3) is 0.636. The number of halogens is 1. The zero-order valence-corrected chi connectivity index (χ0v) is 11.5. The molecule has 0 amide bonds. The van der Waals surface area contributed by atoms with Crippen molar-refractivity contribution in [1.82, 2.24) is 9.97 Å². The van der Waals surface area contributed by atoms with Gasteiger partial charge in [0.25, 0.3) is 0 Å². The highest BCUT2D eigenvalue weighted by Crippen LogP contribution is 2.42. The van der Waals surface area contributed by atoms with Crippen molar-refractivity contribution < 1.29 is 0 Å². The summed E-state index contributed by atoms with van der Waals surface area (Å²) in [5, 5.41) is 3.15. The first-order valence-electron chi connectivity index (χ1n) is 5.38. The van der Waals surface area contributed by atoms with Gasteiger partial charge in [0.15, 0.2) is 0 Å². The number of anilines is 1. The standard InChI is InChI=1S/C11H16IN3/c1-6(2)10-14-9(7-4-5-7)8(12)11(13-3)15-10/h6-7H,4-5H2,1-3H3,(H,13,14,15). The number of hydrogen-bond donors (Lipinski definition) is 1. The molecule has 0 atom stereocenters. The second-order valence-corrected chi connectivity index (χ2v) is 5.39. The van der Waals surface area contributed by atoms with Crippen LogP contribution in [0.1, 0.15) is 50.0 Å².